The van der Waals surface area contributed by atoms with Crippen LogP contribution < -0.4 is 5.32 Å². The van der Waals surface area contributed by atoms with E-state index in [9.17, 15) is 19.7 Å². The van der Waals surface area contributed by atoms with E-state index in [4.69, 9.17) is 33.0 Å². The average molecular weight is 441 g/mol. The summed E-state index contributed by atoms with van der Waals surface area (Å²) < 4.78 is 5.33. The Balaban J connectivity index is 1.99. The van der Waals surface area contributed by atoms with Crippen LogP contribution in [0.4, 0.5) is 5.69 Å². The van der Waals surface area contributed by atoms with Crippen molar-refractivity contribution in [3.63, 3.8) is 0 Å². The largest absolute Gasteiger partial charge is 0.478 e. The number of aromatic carboxylic acids is 1. The number of anilines is 1. The lowest BCUT2D eigenvalue weighted by molar-refractivity contribution is -0.524. The molecule has 0 heterocycles. The van der Waals surface area contributed by atoms with E-state index >= 15 is 0 Å². The quantitative estimate of drug-likeness (QED) is 0.342. The summed E-state index contributed by atoms with van der Waals surface area (Å²) in [5.74, 6) is -1.77. The Labute approximate surface area is 176 Å². The molecule has 8 nitrogen and oxygen atoms in total. The van der Waals surface area contributed by atoms with Gasteiger partial charge in [0.05, 0.1) is 17.9 Å². The molecule has 0 radical (unpaired) electrons. The predicted molar refractivity (Wildman–Crippen MR) is 108 cm³/mol. The second-order valence-corrected chi connectivity index (χ2v) is 7.00. The lowest BCUT2D eigenvalue weighted by Gasteiger charge is -2.13. The van der Waals surface area contributed by atoms with Crippen LogP contribution in [0.3, 0.4) is 0 Å². The number of ether oxygens (including phenoxy) is 1. The van der Waals surface area contributed by atoms with Gasteiger partial charge < -0.3 is 15.2 Å². The number of carbonyl (C=O) groups is 2. The molecule has 2 N–H and O–H groups in total. The fourth-order valence-electron chi connectivity index (χ4n) is 2.53. The number of hydrogen-bond donors (Lipinski definition) is 2. The molecule has 29 heavy (non-hydrogen) atoms. The van der Waals surface area contributed by atoms with Gasteiger partial charge >= 0.3 is 5.97 Å². The summed E-state index contributed by atoms with van der Waals surface area (Å²) in [5, 5.41) is 23.7. The molecule has 2 aromatic rings. The Bertz CT molecular complexity index is 935. The Kier molecular flexibility index (Phi) is 7.95. The normalized spacial score (nSPS) is 11.7. The maximum absolute atomic E-state index is 12.2. The Morgan fingerprint density at radius 1 is 1.24 bits per heavy atom. The number of carbonyl (C=O) groups excluding carboxylic acids is 1. The minimum Gasteiger partial charge on any atom is -0.478 e. The minimum absolute atomic E-state index is 0.0587. The monoisotopic (exact) mass is 440 g/mol. The number of rotatable bonds is 9. The molecule has 0 saturated carbocycles. The average Bonchev–Trinajstić information content (AvgIpc) is 2.65. The second-order valence-electron chi connectivity index (χ2n) is 6.16. The van der Waals surface area contributed by atoms with Gasteiger partial charge in [-0.05, 0) is 42.3 Å². The fourth-order valence-corrected chi connectivity index (χ4v) is 3.04. The van der Waals surface area contributed by atoms with Gasteiger partial charge in [-0.2, -0.15) is 0 Å². The van der Waals surface area contributed by atoms with Gasteiger partial charge in [0.2, 0.25) is 11.9 Å². The van der Waals surface area contributed by atoms with E-state index < -0.39 is 22.8 Å². The maximum Gasteiger partial charge on any atom is 0.335 e. The number of carboxylic acids is 1. The topological polar surface area (TPSA) is 119 Å². The van der Waals surface area contributed by atoms with Crippen LogP contribution in [0.15, 0.2) is 36.4 Å². The fraction of sp³-hybridized carbons (Fsp3) is 0.263. The van der Waals surface area contributed by atoms with Gasteiger partial charge in [0.15, 0.2) is 0 Å². The van der Waals surface area contributed by atoms with Crippen LogP contribution in [0.1, 0.15) is 34.5 Å². The van der Waals surface area contributed by atoms with Crippen LogP contribution in [0.25, 0.3) is 0 Å². The second kappa shape index (κ2) is 10.2. The molecule has 0 spiro atoms. The zero-order chi connectivity index (χ0) is 21.6. The molecular formula is C19H18Cl2N2O6. The molecule has 1 amide bonds. The molecule has 10 heteroatoms. The summed E-state index contributed by atoms with van der Waals surface area (Å²) >= 11 is 11.9. The molecule has 1 atom stereocenters. The SMILES string of the molecule is CC(c1ccc(C(=O)O)cc1NC(=O)COCCc1ccc(Cl)cc1Cl)[N+](=O)[O-]. The van der Waals surface area contributed by atoms with Crippen LogP contribution in [0, 0.1) is 10.1 Å². The van der Waals surface area contributed by atoms with E-state index in [1.807, 2.05) is 0 Å². The first-order chi connectivity index (χ1) is 13.7. The molecule has 0 fully saturated rings. The van der Waals surface area contributed by atoms with Crippen molar-refractivity contribution in [1.29, 1.82) is 0 Å². The molecule has 0 aliphatic carbocycles. The maximum atomic E-state index is 12.2. The van der Waals surface area contributed by atoms with Crippen molar-refractivity contribution in [2.45, 2.75) is 19.4 Å². The van der Waals surface area contributed by atoms with Gasteiger partial charge in [0, 0.05) is 27.5 Å². The highest BCUT2D eigenvalue weighted by molar-refractivity contribution is 6.35. The Morgan fingerprint density at radius 3 is 2.59 bits per heavy atom. The van der Waals surface area contributed by atoms with E-state index in [2.05, 4.69) is 5.32 Å². The van der Waals surface area contributed by atoms with E-state index in [0.717, 1.165) is 5.56 Å². The van der Waals surface area contributed by atoms with Crippen molar-refractivity contribution in [3.8, 4) is 0 Å². The third-order valence-corrected chi connectivity index (χ3v) is 4.69. The summed E-state index contributed by atoms with van der Waals surface area (Å²) in [6.45, 7) is 1.24. The predicted octanol–water partition coefficient (Wildman–Crippen LogP) is 4.23. The third-order valence-electron chi connectivity index (χ3n) is 4.10. The highest BCUT2D eigenvalue weighted by Crippen LogP contribution is 2.26. The van der Waals surface area contributed by atoms with Crippen molar-refractivity contribution < 1.29 is 24.4 Å². The molecule has 0 bridgehead atoms. The van der Waals surface area contributed by atoms with Crippen molar-refractivity contribution >= 4 is 40.8 Å². The minimum atomic E-state index is -1.21. The zero-order valence-electron chi connectivity index (χ0n) is 15.4. The first kappa shape index (κ1) is 22.6. The van der Waals surface area contributed by atoms with Gasteiger partial charge in [-0.25, -0.2) is 4.79 Å². The lowest BCUT2D eigenvalue weighted by atomic mass is 10.0. The van der Waals surface area contributed by atoms with E-state index in [1.165, 1.54) is 25.1 Å². The van der Waals surface area contributed by atoms with Crippen LogP contribution in [0.5, 0.6) is 0 Å². The van der Waals surface area contributed by atoms with E-state index in [-0.39, 0.29) is 30.0 Å². The van der Waals surface area contributed by atoms with E-state index in [1.54, 1.807) is 18.2 Å². The summed E-state index contributed by atoms with van der Waals surface area (Å²) in [7, 11) is 0. The van der Waals surface area contributed by atoms with Crippen LogP contribution >= 0.6 is 23.2 Å². The van der Waals surface area contributed by atoms with Crippen molar-refractivity contribution in [2.24, 2.45) is 0 Å². The van der Waals surface area contributed by atoms with Crippen molar-refractivity contribution in [3.05, 3.63) is 73.2 Å². The number of benzene rings is 2. The number of halogens is 2. The van der Waals surface area contributed by atoms with Gasteiger partial charge in [0.25, 0.3) is 0 Å². The Morgan fingerprint density at radius 2 is 1.97 bits per heavy atom. The summed E-state index contributed by atoms with van der Waals surface area (Å²) in [6, 6.07) is 7.69. The first-order valence-electron chi connectivity index (χ1n) is 8.51. The number of nitrogens with zero attached hydrogens (tertiary/aromatic N) is 1. The molecule has 2 aromatic carbocycles. The smallest absolute Gasteiger partial charge is 0.335 e. The standard InChI is InChI=1S/C19H18Cl2N2O6/c1-11(23(27)28)15-5-3-13(19(25)26)8-17(15)22-18(24)10-29-7-6-12-2-4-14(20)9-16(12)21/h2-5,8-9,11H,6-7,10H2,1H3,(H,22,24)(H,25,26). The number of nitro groups is 1. The molecule has 0 aliphatic heterocycles. The van der Waals surface area contributed by atoms with Crippen molar-refractivity contribution in [1.82, 2.24) is 0 Å². The van der Waals surface area contributed by atoms with Crippen molar-refractivity contribution in [2.75, 3.05) is 18.5 Å². The van der Waals surface area contributed by atoms with Gasteiger partial charge in [0.1, 0.15) is 6.61 Å². The van der Waals surface area contributed by atoms with Gasteiger partial charge in [-0.1, -0.05) is 29.3 Å². The number of nitrogens with one attached hydrogen (secondary N) is 1. The lowest BCUT2D eigenvalue weighted by Crippen LogP contribution is -2.21. The number of carboxylic acid groups (broad SMARTS) is 1. The summed E-state index contributed by atoms with van der Waals surface area (Å²) in [5.41, 5.74) is 0.968. The molecule has 2 rings (SSSR count). The molecule has 0 aromatic heterocycles. The molecule has 154 valence electrons. The molecular weight excluding hydrogens is 423 g/mol. The third kappa shape index (κ3) is 6.42. The highest BCUT2D eigenvalue weighted by Gasteiger charge is 2.22. The van der Waals surface area contributed by atoms with Crippen LogP contribution in [0.2, 0.25) is 10.0 Å². The molecule has 1 unspecified atom stereocenters. The van der Waals surface area contributed by atoms with Gasteiger partial charge in [-0.15, -0.1) is 0 Å². The summed E-state index contributed by atoms with van der Waals surface area (Å²) in [4.78, 5) is 33.9. The summed E-state index contributed by atoms with van der Waals surface area (Å²) in [6.07, 6.45) is 0.460. The van der Waals surface area contributed by atoms with Crippen LogP contribution in [-0.4, -0.2) is 35.1 Å². The van der Waals surface area contributed by atoms with Gasteiger partial charge in [-0.3, -0.25) is 14.9 Å². The Hall–Kier alpha value is -2.68. The molecule has 0 saturated heterocycles. The molecule has 0 aliphatic rings. The van der Waals surface area contributed by atoms with E-state index in [0.29, 0.717) is 16.5 Å². The number of amides is 1. The zero-order valence-corrected chi connectivity index (χ0v) is 16.9. The number of hydrogen-bond acceptors (Lipinski definition) is 5. The highest BCUT2D eigenvalue weighted by atomic mass is 35.5. The first-order valence-corrected chi connectivity index (χ1v) is 9.27. The van der Waals surface area contributed by atoms with Crippen LogP contribution in [-0.2, 0) is 16.0 Å².